The topological polar surface area (TPSA) is 108 Å². The quantitative estimate of drug-likeness (QED) is 0.216. The van der Waals surface area contributed by atoms with E-state index in [2.05, 4.69) is 15.8 Å². The molecule has 0 aliphatic rings. The minimum absolute atomic E-state index is 0.0813. The first-order chi connectivity index (χ1) is 19.2. The Morgan fingerprint density at radius 2 is 1.43 bits per heavy atom. The van der Waals surface area contributed by atoms with Gasteiger partial charge in [0.05, 0.1) is 16.3 Å². The van der Waals surface area contributed by atoms with Crippen LogP contribution in [0.3, 0.4) is 0 Å². The summed E-state index contributed by atoms with van der Waals surface area (Å²) in [5, 5.41) is 7.05. The van der Waals surface area contributed by atoms with Gasteiger partial charge in [0, 0.05) is 11.3 Å². The van der Waals surface area contributed by atoms with Crippen LogP contribution in [0.5, 0.6) is 0 Å². The standard InChI is InChI=1S/C31H30N4O4S/c1-22-12-10-19-29(23(22)2)35(40(38,39)28-17-8-5-9-18-28)21-30(36)34-33-24(3)26-15-11-16-27(20-26)32-31(37)25-13-6-4-7-14-25/h4-20H,21H2,1-3H3,(H,32,37)(H,34,36)/b33-24-. The van der Waals surface area contributed by atoms with E-state index in [1.54, 1.807) is 85.8 Å². The number of hydrogen-bond donors (Lipinski definition) is 2. The average Bonchev–Trinajstić information content (AvgIpc) is 2.97. The van der Waals surface area contributed by atoms with Gasteiger partial charge in [-0.15, -0.1) is 0 Å². The van der Waals surface area contributed by atoms with Crippen LogP contribution in [0.2, 0.25) is 0 Å². The molecule has 204 valence electrons. The molecule has 0 unspecified atom stereocenters. The summed E-state index contributed by atoms with van der Waals surface area (Å²) in [7, 11) is -4.04. The summed E-state index contributed by atoms with van der Waals surface area (Å²) < 4.78 is 28.3. The van der Waals surface area contributed by atoms with Gasteiger partial charge in [0.2, 0.25) is 0 Å². The van der Waals surface area contributed by atoms with Crippen LogP contribution in [0.1, 0.15) is 34.0 Å². The molecule has 0 aliphatic heterocycles. The molecule has 2 N–H and O–H groups in total. The first-order valence-corrected chi connectivity index (χ1v) is 14.0. The zero-order valence-corrected chi connectivity index (χ0v) is 23.3. The summed E-state index contributed by atoms with van der Waals surface area (Å²) in [5.41, 5.74) is 6.81. The van der Waals surface area contributed by atoms with Crippen LogP contribution in [0.15, 0.2) is 113 Å². The van der Waals surface area contributed by atoms with Crippen LogP contribution >= 0.6 is 0 Å². The maximum atomic E-state index is 13.6. The SMILES string of the molecule is C/C(=N/NC(=O)CN(c1cccc(C)c1C)S(=O)(=O)c1ccccc1)c1cccc(NC(=O)c2ccccc2)c1. The second kappa shape index (κ2) is 12.4. The number of anilines is 2. The van der Waals surface area contributed by atoms with Crippen molar-refractivity contribution in [1.82, 2.24) is 5.43 Å². The number of aryl methyl sites for hydroxylation is 1. The summed E-state index contributed by atoms with van der Waals surface area (Å²) in [6, 6.07) is 29.3. The smallest absolute Gasteiger partial charge is 0.264 e. The van der Waals surface area contributed by atoms with E-state index in [9.17, 15) is 18.0 Å². The number of amides is 2. The van der Waals surface area contributed by atoms with E-state index in [1.165, 1.54) is 12.1 Å². The number of carbonyl (C=O) groups is 2. The zero-order chi connectivity index (χ0) is 28.7. The fourth-order valence-electron chi connectivity index (χ4n) is 4.02. The Kier molecular flexibility index (Phi) is 8.76. The van der Waals surface area contributed by atoms with E-state index in [-0.39, 0.29) is 10.8 Å². The number of benzene rings is 4. The fourth-order valence-corrected chi connectivity index (χ4v) is 5.52. The number of hydrazone groups is 1. The molecular weight excluding hydrogens is 524 g/mol. The highest BCUT2D eigenvalue weighted by atomic mass is 32.2. The van der Waals surface area contributed by atoms with Crippen molar-refractivity contribution in [3.05, 3.63) is 125 Å². The maximum Gasteiger partial charge on any atom is 0.264 e. The van der Waals surface area contributed by atoms with E-state index in [4.69, 9.17) is 0 Å². The van der Waals surface area contributed by atoms with Gasteiger partial charge in [-0.2, -0.15) is 5.10 Å². The number of sulfonamides is 1. The molecule has 0 heterocycles. The Morgan fingerprint density at radius 1 is 0.800 bits per heavy atom. The van der Waals surface area contributed by atoms with Crippen LogP contribution < -0.4 is 15.0 Å². The third-order valence-corrected chi connectivity index (χ3v) is 8.16. The van der Waals surface area contributed by atoms with Crippen LogP contribution in [-0.2, 0) is 14.8 Å². The summed E-state index contributed by atoms with van der Waals surface area (Å²) in [6.07, 6.45) is 0. The Labute approximate surface area is 234 Å². The minimum Gasteiger partial charge on any atom is -0.322 e. The van der Waals surface area contributed by atoms with Gasteiger partial charge >= 0.3 is 0 Å². The highest BCUT2D eigenvalue weighted by Crippen LogP contribution is 2.28. The van der Waals surface area contributed by atoms with Crippen LogP contribution in [-0.4, -0.2) is 32.5 Å². The first-order valence-electron chi connectivity index (χ1n) is 12.6. The number of hydrogen-bond acceptors (Lipinski definition) is 5. The van der Waals surface area contributed by atoms with Crippen molar-refractivity contribution in [3.63, 3.8) is 0 Å². The lowest BCUT2D eigenvalue weighted by atomic mass is 10.1. The number of carbonyl (C=O) groups excluding carboxylic acids is 2. The van der Waals surface area contributed by atoms with Gasteiger partial charge < -0.3 is 5.32 Å². The van der Waals surface area contributed by atoms with Gasteiger partial charge in [0.1, 0.15) is 6.54 Å². The summed E-state index contributed by atoms with van der Waals surface area (Å²) in [5.74, 6) is -0.847. The van der Waals surface area contributed by atoms with Gasteiger partial charge in [0.25, 0.3) is 21.8 Å². The van der Waals surface area contributed by atoms with E-state index >= 15 is 0 Å². The third-order valence-electron chi connectivity index (χ3n) is 6.39. The summed E-state index contributed by atoms with van der Waals surface area (Å²) in [6.45, 7) is 4.95. The van der Waals surface area contributed by atoms with Crippen molar-refractivity contribution in [2.24, 2.45) is 5.10 Å². The second-order valence-electron chi connectivity index (χ2n) is 9.18. The summed E-state index contributed by atoms with van der Waals surface area (Å²) >= 11 is 0. The highest BCUT2D eigenvalue weighted by Gasteiger charge is 2.28. The third kappa shape index (κ3) is 6.62. The molecule has 0 fully saturated rings. The van der Waals surface area contributed by atoms with E-state index < -0.39 is 22.5 Å². The zero-order valence-electron chi connectivity index (χ0n) is 22.5. The van der Waals surface area contributed by atoms with Crippen LogP contribution in [0.4, 0.5) is 11.4 Å². The molecule has 0 radical (unpaired) electrons. The van der Waals surface area contributed by atoms with Crippen molar-refractivity contribution in [1.29, 1.82) is 0 Å². The summed E-state index contributed by atoms with van der Waals surface area (Å²) in [4.78, 5) is 25.6. The first kappa shape index (κ1) is 28.3. The van der Waals surface area contributed by atoms with Crippen molar-refractivity contribution in [2.75, 3.05) is 16.2 Å². The molecule has 0 saturated carbocycles. The lowest BCUT2D eigenvalue weighted by Crippen LogP contribution is -2.40. The Bertz CT molecular complexity index is 1650. The molecule has 0 bridgehead atoms. The molecule has 8 nitrogen and oxygen atoms in total. The predicted molar refractivity (Wildman–Crippen MR) is 158 cm³/mol. The number of nitrogens with one attached hydrogen (secondary N) is 2. The van der Waals surface area contributed by atoms with E-state index in [0.29, 0.717) is 28.2 Å². The van der Waals surface area contributed by atoms with Gasteiger partial charge in [-0.1, -0.05) is 60.7 Å². The Hall–Kier alpha value is -4.76. The van der Waals surface area contributed by atoms with Gasteiger partial charge in [-0.25, -0.2) is 13.8 Å². The Balaban J connectivity index is 1.53. The lowest BCUT2D eigenvalue weighted by Gasteiger charge is -2.26. The molecule has 2 amide bonds. The molecule has 0 atom stereocenters. The Morgan fingerprint density at radius 3 is 2.12 bits per heavy atom. The van der Waals surface area contributed by atoms with E-state index in [0.717, 1.165) is 15.4 Å². The predicted octanol–water partition coefficient (Wildman–Crippen LogP) is 5.29. The molecule has 4 rings (SSSR count). The molecule has 40 heavy (non-hydrogen) atoms. The van der Waals surface area contributed by atoms with Gasteiger partial charge in [-0.05, 0) is 79.9 Å². The highest BCUT2D eigenvalue weighted by molar-refractivity contribution is 7.92. The molecule has 0 aliphatic carbocycles. The monoisotopic (exact) mass is 554 g/mol. The van der Waals surface area contributed by atoms with Gasteiger partial charge in [0.15, 0.2) is 0 Å². The van der Waals surface area contributed by atoms with Crippen molar-refractivity contribution < 1.29 is 18.0 Å². The van der Waals surface area contributed by atoms with E-state index in [1.807, 2.05) is 26.0 Å². The number of rotatable bonds is 9. The maximum absolute atomic E-state index is 13.6. The largest absolute Gasteiger partial charge is 0.322 e. The molecular formula is C31H30N4O4S. The molecule has 4 aromatic carbocycles. The molecule has 0 aromatic heterocycles. The lowest BCUT2D eigenvalue weighted by molar-refractivity contribution is -0.119. The normalized spacial score (nSPS) is 11.5. The average molecular weight is 555 g/mol. The molecule has 0 saturated heterocycles. The number of nitrogens with zero attached hydrogens (tertiary/aromatic N) is 2. The molecule has 9 heteroatoms. The van der Waals surface area contributed by atoms with Crippen molar-refractivity contribution in [2.45, 2.75) is 25.7 Å². The van der Waals surface area contributed by atoms with Crippen molar-refractivity contribution >= 4 is 38.9 Å². The van der Waals surface area contributed by atoms with Crippen molar-refractivity contribution in [3.8, 4) is 0 Å². The van der Waals surface area contributed by atoms with Crippen LogP contribution in [0.25, 0.3) is 0 Å². The van der Waals surface area contributed by atoms with Crippen LogP contribution in [0, 0.1) is 13.8 Å². The fraction of sp³-hybridized carbons (Fsp3) is 0.129. The molecule has 0 spiro atoms. The molecule has 4 aromatic rings. The minimum atomic E-state index is -4.04. The second-order valence-corrected chi connectivity index (χ2v) is 11.0. The van der Waals surface area contributed by atoms with Gasteiger partial charge in [-0.3, -0.25) is 13.9 Å².